The van der Waals surface area contributed by atoms with E-state index in [1.807, 2.05) is 32.2 Å². The quantitative estimate of drug-likeness (QED) is 0.370. The number of fused-ring (bicyclic) bond motifs is 7. The Balaban J connectivity index is 1.63. The van der Waals surface area contributed by atoms with Crippen molar-refractivity contribution in [2.45, 2.75) is 33.2 Å². The van der Waals surface area contributed by atoms with Crippen LogP contribution < -0.4 is 15.9 Å². The fraction of sp³-hybridized carbons (Fsp3) is 0.385. The van der Waals surface area contributed by atoms with Crippen LogP contribution in [-0.4, -0.2) is 50.1 Å². The predicted octanol–water partition coefficient (Wildman–Crippen LogP) is 4.48. The molecule has 0 spiro atoms. The van der Waals surface area contributed by atoms with Gasteiger partial charge in [0.25, 0.3) is 5.91 Å². The van der Waals surface area contributed by atoms with Crippen molar-refractivity contribution in [3.63, 3.8) is 0 Å². The highest BCUT2D eigenvalue weighted by Crippen LogP contribution is 2.36. The number of imidazole rings is 1. The number of carbonyl (C=O) groups excluding carboxylic acids is 1. The number of benzene rings is 1. The predicted molar refractivity (Wildman–Crippen MR) is 145 cm³/mol. The summed E-state index contributed by atoms with van der Waals surface area (Å²) in [4.78, 5) is 22.9. The fourth-order valence-corrected chi connectivity index (χ4v) is 5.60. The average Bonchev–Trinajstić information content (AvgIpc) is 3.34. The summed E-state index contributed by atoms with van der Waals surface area (Å²) in [5, 5.41) is 11.8. The Morgan fingerprint density at radius 3 is 2.72 bits per heavy atom. The number of rotatable bonds is 1. The van der Waals surface area contributed by atoms with Crippen molar-refractivity contribution in [2.75, 3.05) is 30.5 Å². The molecule has 1 atom stereocenters. The number of carbonyl (C=O) groups is 1. The summed E-state index contributed by atoms with van der Waals surface area (Å²) in [6.07, 6.45) is 3.73. The molecule has 188 valence electrons. The number of hydrogen-bond acceptors (Lipinski definition) is 6. The zero-order chi connectivity index (χ0) is 25.6. The zero-order valence-electron chi connectivity index (χ0n) is 21.4. The molecule has 9 nitrogen and oxygen atoms in total. The van der Waals surface area contributed by atoms with Crippen molar-refractivity contribution in [3.05, 3.63) is 47.8 Å². The van der Waals surface area contributed by atoms with E-state index < -0.39 is 7.14 Å². The molecule has 1 amide bonds. The van der Waals surface area contributed by atoms with Crippen LogP contribution in [0.4, 0.5) is 11.8 Å². The first kappa shape index (κ1) is 24.3. The second kappa shape index (κ2) is 9.21. The van der Waals surface area contributed by atoms with Gasteiger partial charge in [0.1, 0.15) is 13.0 Å². The van der Waals surface area contributed by atoms with Crippen molar-refractivity contribution in [1.29, 1.82) is 0 Å². The molecule has 36 heavy (non-hydrogen) atoms. The van der Waals surface area contributed by atoms with Crippen LogP contribution in [0.15, 0.2) is 36.5 Å². The van der Waals surface area contributed by atoms with E-state index in [1.165, 1.54) is 0 Å². The van der Waals surface area contributed by atoms with E-state index in [1.54, 1.807) is 36.3 Å². The van der Waals surface area contributed by atoms with Crippen LogP contribution in [0.2, 0.25) is 0 Å². The fourth-order valence-electron chi connectivity index (χ4n) is 4.73. The summed E-state index contributed by atoms with van der Waals surface area (Å²) in [5.74, 6) is 1.46. The third-order valence-corrected chi connectivity index (χ3v) is 8.19. The maximum absolute atomic E-state index is 13.5. The zero-order valence-corrected chi connectivity index (χ0v) is 22.3. The molecule has 4 aromatic rings. The van der Waals surface area contributed by atoms with E-state index in [0.29, 0.717) is 29.7 Å². The maximum Gasteiger partial charge on any atom is 0.258 e. The molecule has 1 aliphatic rings. The van der Waals surface area contributed by atoms with Crippen LogP contribution in [0, 0.1) is 12.8 Å². The Morgan fingerprint density at radius 1 is 1.14 bits per heavy atom. The average molecular weight is 506 g/mol. The summed E-state index contributed by atoms with van der Waals surface area (Å²) < 4.78 is 16.6. The molecule has 0 unspecified atom stereocenters. The molecular formula is C26H32N7O2P. The second-order valence-electron chi connectivity index (χ2n) is 10.1. The van der Waals surface area contributed by atoms with Gasteiger partial charge < -0.3 is 14.4 Å². The van der Waals surface area contributed by atoms with Crippen molar-refractivity contribution >= 4 is 41.2 Å². The van der Waals surface area contributed by atoms with Gasteiger partial charge in [-0.3, -0.25) is 19.8 Å². The van der Waals surface area contributed by atoms with Crippen LogP contribution in [0.5, 0.6) is 0 Å². The van der Waals surface area contributed by atoms with Crippen molar-refractivity contribution in [3.8, 4) is 11.3 Å². The lowest BCUT2D eigenvalue weighted by atomic mass is 10.1. The highest BCUT2D eigenvalue weighted by atomic mass is 31.2. The molecular weight excluding hydrogens is 473 g/mol. The number of aromatic nitrogens is 5. The highest BCUT2D eigenvalue weighted by molar-refractivity contribution is 7.70. The first-order valence-corrected chi connectivity index (χ1v) is 14.8. The van der Waals surface area contributed by atoms with Crippen LogP contribution >= 0.6 is 7.14 Å². The number of aryl methyl sites for hydroxylation is 2. The van der Waals surface area contributed by atoms with Gasteiger partial charge in [0.05, 0.1) is 28.5 Å². The van der Waals surface area contributed by atoms with Gasteiger partial charge >= 0.3 is 0 Å². The van der Waals surface area contributed by atoms with Gasteiger partial charge in [-0.05, 0) is 69.3 Å². The number of nitrogens with zero attached hydrogens (tertiary/aromatic N) is 5. The second-order valence-corrected chi connectivity index (χ2v) is 13.3. The molecule has 10 heteroatoms. The monoisotopic (exact) mass is 505 g/mol. The van der Waals surface area contributed by atoms with Crippen molar-refractivity contribution in [1.82, 2.24) is 24.3 Å². The summed E-state index contributed by atoms with van der Waals surface area (Å²) in [6, 6.07) is 9.29. The van der Waals surface area contributed by atoms with E-state index in [4.69, 9.17) is 4.98 Å². The summed E-state index contributed by atoms with van der Waals surface area (Å²) in [6.45, 7) is 9.10. The van der Waals surface area contributed by atoms with Gasteiger partial charge in [0, 0.05) is 36.7 Å². The lowest BCUT2D eigenvalue weighted by Gasteiger charge is -2.16. The largest absolute Gasteiger partial charge is 0.370 e. The Bertz CT molecular complexity index is 1510. The Labute approximate surface area is 210 Å². The van der Waals surface area contributed by atoms with E-state index >= 15 is 0 Å². The van der Waals surface area contributed by atoms with Gasteiger partial charge in [0.2, 0.25) is 5.95 Å². The molecule has 0 saturated heterocycles. The minimum atomic E-state index is -2.45. The molecule has 3 aromatic heterocycles. The topological polar surface area (TPSA) is 107 Å². The first-order valence-electron chi connectivity index (χ1n) is 12.2. The van der Waals surface area contributed by atoms with Crippen LogP contribution in [0.1, 0.15) is 35.8 Å². The normalized spacial score (nSPS) is 16.9. The number of hydrogen-bond donors (Lipinski definition) is 2. The lowest BCUT2D eigenvalue weighted by Crippen LogP contribution is -2.18. The minimum absolute atomic E-state index is 0.254. The van der Waals surface area contributed by atoms with Gasteiger partial charge in [0.15, 0.2) is 0 Å². The molecule has 2 bridgehead atoms. The molecule has 1 aliphatic heterocycles. The number of nitrogens with one attached hydrogen (secondary N) is 2. The van der Waals surface area contributed by atoms with Crippen LogP contribution in [0.25, 0.3) is 22.3 Å². The molecule has 1 aromatic carbocycles. The lowest BCUT2D eigenvalue weighted by molar-refractivity contribution is 0.102. The number of anilines is 2. The SMILES string of the molecule is Cc1cc2cc(n1)-c1cnn(C)c1NCCC[C@@H](C)Cn1c(nc3ccc(P(C)(C)=O)cc31)NC2=O. The highest BCUT2D eigenvalue weighted by Gasteiger charge is 2.21. The maximum atomic E-state index is 13.5. The third kappa shape index (κ3) is 4.67. The third-order valence-electron chi connectivity index (χ3n) is 6.67. The molecule has 0 fully saturated rings. The van der Waals surface area contributed by atoms with Crippen LogP contribution in [-0.2, 0) is 18.2 Å². The summed E-state index contributed by atoms with van der Waals surface area (Å²) in [5.41, 5.74) is 4.45. The Morgan fingerprint density at radius 2 is 1.94 bits per heavy atom. The molecule has 0 saturated carbocycles. The van der Waals surface area contributed by atoms with E-state index in [0.717, 1.165) is 52.8 Å². The minimum Gasteiger partial charge on any atom is -0.370 e. The molecule has 2 N–H and O–H groups in total. The van der Waals surface area contributed by atoms with Crippen molar-refractivity contribution in [2.24, 2.45) is 13.0 Å². The van der Waals surface area contributed by atoms with Gasteiger partial charge in [-0.2, -0.15) is 5.10 Å². The van der Waals surface area contributed by atoms with E-state index in [9.17, 15) is 9.36 Å². The van der Waals surface area contributed by atoms with Gasteiger partial charge in [-0.1, -0.05) is 6.92 Å². The van der Waals surface area contributed by atoms with Gasteiger partial charge in [-0.15, -0.1) is 0 Å². The summed E-state index contributed by atoms with van der Waals surface area (Å²) in [7, 11) is -0.547. The van der Waals surface area contributed by atoms with Crippen molar-refractivity contribution < 1.29 is 9.36 Å². The Kier molecular flexibility index (Phi) is 6.20. The van der Waals surface area contributed by atoms with Crippen LogP contribution in [0.3, 0.4) is 0 Å². The smallest absolute Gasteiger partial charge is 0.258 e. The van der Waals surface area contributed by atoms with E-state index in [-0.39, 0.29) is 5.91 Å². The Hall–Kier alpha value is -3.45. The standard InChI is InChI=1S/C26H32N7O2P/c1-16-7-6-10-27-24-20(14-28-32(24)3)22-12-18(11-17(2)29-22)25(34)31-26-30-21-9-8-19(36(4,5)35)13-23(21)33(26)15-16/h8-9,11-14,16,27H,6-7,10,15H2,1-5H3,(H,30,31,34)/t16-/m1/s1. The first-order chi connectivity index (χ1) is 17.1. The molecule has 0 aliphatic carbocycles. The van der Waals surface area contributed by atoms with E-state index in [2.05, 4.69) is 32.2 Å². The molecule has 5 rings (SSSR count). The molecule has 4 heterocycles. The number of amides is 1. The summed E-state index contributed by atoms with van der Waals surface area (Å²) >= 11 is 0. The van der Waals surface area contributed by atoms with Gasteiger partial charge in [-0.25, -0.2) is 4.98 Å². The molecule has 0 radical (unpaired) electrons. The number of pyridine rings is 1.